The van der Waals surface area contributed by atoms with E-state index in [0.717, 1.165) is 38.3 Å². The summed E-state index contributed by atoms with van der Waals surface area (Å²) in [5.41, 5.74) is 7.59. The third-order valence-corrected chi connectivity index (χ3v) is 7.02. The van der Waals surface area contributed by atoms with Crippen LogP contribution in [0.4, 0.5) is 0 Å². The van der Waals surface area contributed by atoms with Gasteiger partial charge < -0.3 is 4.90 Å². The van der Waals surface area contributed by atoms with Crippen molar-refractivity contribution >= 4 is 39.3 Å². The van der Waals surface area contributed by atoms with Gasteiger partial charge in [0.2, 0.25) is 11.8 Å². The summed E-state index contributed by atoms with van der Waals surface area (Å²) >= 11 is 1.58. The zero-order valence-electron chi connectivity index (χ0n) is 17.6. The van der Waals surface area contributed by atoms with Crippen LogP contribution < -0.4 is 5.32 Å². The molecule has 0 saturated carbocycles. The summed E-state index contributed by atoms with van der Waals surface area (Å²) in [7, 11) is 1.85. The van der Waals surface area contributed by atoms with Crippen LogP contribution >= 0.6 is 11.3 Å². The summed E-state index contributed by atoms with van der Waals surface area (Å²) in [4.78, 5) is 42.7. The third-order valence-electron chi connectivity index (χ3n) is 6.23. The highest BCUT2D eigenvalue weighted by molar-refractivity contribution is 7.16. The molecule has 2 aromatic carbocycles. The first-order valence-electron chi connectivity index (χ1n) is 10.5. The molecule has 33 heavy (non-hydrogen) atoms. The topological polar surface area (TPSA) is 110 Å². The van der Waals surface area contributed by atoms with E-state index in [1.807, 2.05) is 36.8 Å². The number of rotatable bonds is 3. The smallest absolute Gasteiger partial charge is 0.255 e. The van der Waals surface area contributed by atoms with E-state index in [2.05, 4.69) is 26.7 Å². The molecule has 4 aromatic rings. The second-order valence-electron chi connectivity index (χ2n) is 8.22. The molecule has 0 radical (unpaired) electrons. The molecule has 6 rings (SSSR count). The molecule has 4 heterocycles. The number of aryl methyl sites for hydroxylation is 1. The minimum atomic E-state index is -0.635. The van der Waals surface area contributed by atoms with E-state index in [4.69, 9.17) is 0 Å². The SMILES string of the molecule is Cn1nnc(-c2ccc3c(c2)CN(C2CCC(=O)NC2=O)C3=O)c1-c1ccc2ncsc2c1. The number of nitrogens with zero attached hydrogens (tertiary/aromatic N) is 5. The van der Waals surface area contributed by atoms with Gasteiger partial charge in [0.15, 0.2) is 0 Å². The van der Waals surface area contributed by atoms with E-state index in [0.29, 0.717) is 18.5 Å². The molecular formula is C23H18N6O3S. The number of carbonyl (C=O) groups is 3. The van der Waals surface area contributed by atoms with Gasteiger partial charge in [0.25, 0.3) is 5.91 Å². The van der Waals surface area contributed by atoms with Crippen LogP contribution in [-0.4, -0.2) is 48.6 Å². The molecule has 0 bridgehead atoms. The Labute approximate surface area is 192 Å². The average Bonchev–Trinajstić information content (AvgIpc) is 3.50. The highest BCUT2D eigenvalue weighted by Gasteiger charge is 2.39. The molecule has 1 fully saturated rings. The van der Waals surface area contributed by atoms with Gasteiger partial charge in [-0.25, -0.2) is 9.67 Å². The average molecular weight is 459 g/mol. The Morgan fingerprint density at radius 2 is 1.94 bits per heavy atom. The van der Waals surface area contributed by atoms with Gasteiger partial charge in [0, 0.05) is 36.7 Å². The number of amides is 3. The first-order valence-corrected chi connectivity index (χ1v) is 11.4. The minimum absolute atomic E-state index is 0.193. The van der Waals surface area contributed by atoms with Crippen LogP contribution in [0.25, 0.3) is 32.7 Å². The van der Waals surface area contributed by atoms with Gasteiger partial charge in [-0.15, -0.1) is 16.4 Å². The van der Waals surface area contributed by atoms with Gasteiger partial charge in [0.05, 0.1) is 21.4 Å². The van der Waals surface area contributed by atoms with Crippen LogP contribution in [0.3, 0.4) is 0 Å². The molecule has 164 valence electrons. The molecule has 10 heteroatoms. The zero-order valence-corrected chi connectivity index (χ0v) is 18.4. The molecule has 3 amide bonds. The zero-order chi connectivity index (χ0) is 22.7. The van der Waals surface area contributed by atoms with Gasteiger partial charge in [-0.2, -0.15) is 0 Å². The number of fused-ring (bicyclic) bond motifs is 2. The lowest BCUT2D eigenvalue weighted by atomic mass is 10.0. The van der Waals surface area contributed by atoms with Crippen LogP contribution in [0, 0.1) is 0 Å². The van der Waals surface area contributed by atoms with Crippen LogP contribution in [0.1, 0.15) is 28.8 Å². The highest BCUT2D eigenvalue weighted by atomic mass is 32.1. The maximum Gasteiger partial charge on any atom is 0.255 e. The van der Waals surface area contributed by atoms with Crippen molar-refractivity contribution < 1.29 is 14.4 Å². The second kappa shape index (κ2) is 7.31. The first kappa shape index (κ1) is 19.7. The lowest BCUT2D eigenvalue weighted by molar-refractivity contribution is -0.136. The van der Waals surface area contributed by atoms with Crippen LogP contribution in [0.5, 0.6) is 0 Å². The van der Waals surface area contributed by atoms with Gasteiger partial charge >= 0.3 is 0 Å². The molecule has 2 aliphatic heterocycles. The van der Waals surface area contributed by atoms with Crippen molar-refractivity contribution in [3.63, 3.8) is 0 Å². The summed E-state index contributed by atoms with van der Waals surface area (Å²) in [6.45, 7) is 0.316. The molecule has 2 aliphatic rings. The van der Waals surface area contributed by atoms with E-state index < -0.39 is 11.9 Å². The van der Waals surface area contributed by atoms with E-state index in [1.165, 1.54) is 0 Å². The Kier molecular flexibility index (Phi) is 4.37. The quantitative estimate of drug-likeness (QED) is 0.473. The number of carbonyl (C=O) groups excluding carboxylic acids is 3. The maximum atomic E-state index is 13.0. The fraction of sp³-hybridized carbons (Fsp3) is 0.217. The van der Waals surface area contributed by atoms with Gasteiger partial charge in [-0.1, -0.05) is 17.3 Å². The Balaban J connectivity index is 1.36. The minimum Gasteiger partial charge on any atom is -0.322 e. The lowest BCUT2D eigenvalue weighted by Crippen LogP contribution is -2.52. The molecule has 1 unspecified atom stereocenters. The number of thiazole rings is 1. The number of imide groups is 1. The molecule has 1 saturated heterocycles. The van der Waals surface area contributed by atoms with E-state index in [9.17, 15) is 14.4 Å². The maximum absolute atomic E-state index is 13.0. The molecule has 2 aromatic heterocycles. The monoisotopic (exact) mass is 458 g/mol. The summed E-state index contributed by atoms with van der Waals surface area (Å²) in [5.74, 6) is -0.905. The number of benzene rings is 2. The molecule has 0 spiro atoms. The molecule has 0 aliphatic carbocycles. The fourth-order valence-corrected chi connectivity index (χ4v) is 5.32. The highest BCUT2D eigenvalue weighted by Crippen LogP contribution is 2.35. The molecule has 1 atom stereocenters. The Morgan fingerprint density at radius 3 is 2.79 bits per heavy atom. The van der Waals surface area contributed by atoms with Crippen molar-refractivity contribution in [1.82, 2.24) is 30.2 Å². The summed E-state index contributed by atoms with van der Waals surface area (Å²) < 4.78 is 2.82. The second-order valence-corrected chi connectivity index (χ2v) is 9.10. The number of piperidine rings is 1. The predicted molar refractivity (Wildman–Crippen MR) is 121 cm³/mol. The largest absolute Gasteiger partial charge is 0.322 e. The third kappa shape index (κ3) is 3.13. The normalized spacial score (nSPS) is 18.2. The number of aromatic nitrogens is 4. The molecule has 1 N–H and O–H groups in total. The van der Waals surface area contributed by atoms with Gasteiger partial charge in [-0.05, 0) is 36.2 Å². The predicted octanol–water partition coefficient (Wildman–Crippen LogP) is 2.52. The number of hydrogen-bond donors (Lipinski definition) is 1. The van der Waals surface area contributed by atoms with Crippen molar-refractivity contribution in [2.75, 3.05) is 0 Å². The van der Waals surface area contributed by atoms with E-state index in [1.54, 1.807) is 27.0 Å². The summed E-state index contributed by atoms with van der Waals surface area (Å²) in [6.07, 6.45) is 0.570. The van der Waals surface area contributed by atoms with Crippen molar-refractivity contribution in [2.45, 2.75) is 25.4 Å². The van der Waals surface area contributed by atoms with Crippen molar-refractivity contribution in [2.24, 2.45) is 7.05 Å². The first-order chi connectivity index (χ1) is 16.0. The Morgan fingerprint density at radius 1 is 1.09 bits per heavy atom. The Hall–Kier alpha value is -3.92. The molecule has 9 nitrogen and oxygen atoms in total. The van der Waals surface area contributed by atoms with Crippen LogP contribution in [0.15, 0.2) is 41.9 Å². The standard InChI is InChI=1S/C23H18N6O3S/c1-28-21(13-3-5-16-18(9-13)33-11-24-16)20(26-27-28)12-2-4-15-14(8-12)10-29(23(15)32)17-6-7-19(30)25-22(17)31/h2-5,8-9,11,17H,6-7,10H2,1H3,(H,25,30,31). The van der Waals surface area contributed by atoms with Crippen LogP contribution in [0.2, 0.25) is 0 Å². The molecular weight excluding hydrogens is 440 g/mol. The summed E-state index contributed by atoms with van der Waals surface area (Å²) in [5, 5.41) is 11.0. The number of hydrogen-bond acceptors (Lipinski definition) is 7. The van der Waals surface area contributed by atoms with Gasteiger partial charge in [0.1, 0.15) is 11.7 Å². The lowest BCUT2D eigenvalue weighted by Gasteiger charge is -2.29. The van der Waals surface area contributed by atoms with E-state index >= 15 is 0 Å². The van der Waals surface area contributed by atoms with Crippen molar-refractivity contribution in [3.05, 3.63) is 53.0 Å². The van der Waals surface area contributed by atoms with Crippen LogP contribution in [-0.2, 0) is 23.2 Å². The van der Waals surface area contributed by atoms with Crippen molar-refractivity contribution in [3.8, 4) is 22.5 Å². The summed E-state index contributed by atoms with van der Waals surface area (Å²) in [6, 6.07) is 11.0. The Bertz CT molecular complexity index is 1470. The van der Waals surface area contributed by atoms with E-state index in [-0.39, 0.29) is 18.2 Å². The number of nitrogens with one attached hydrogen (secondary N) is 1. The van der Waals surface area contributed by atoms with Gasteiger partial charge in [-0.3, -0.25) is 19.7 Å². The van der Waals surface area contributed by atoms with Crippen molar-refractivity contribution in [1.29, 1.82) is 0 Å². The fourth-order valence-electron chi connectivity index (χ4n) is 4.60.